The molecule has 0 spiro atoms. The Balaban J connectivity index is 2.52. The number of carbonyl (C=O) groups is 1. The number of hydrogen-bond acceptors (Lipinski definition) is 3. The first-order valence-corrected chi connectivity index (χ1v) is 8.20. The largest absolute Gasteiger partial charge is 0.320 e. The molecule has 6 heteroatoms. The predicted molar refractivity (Wildman–Crippen MR) is 84.7 cm³/mol. The van der Waals surface area contributed by atoms with Gasteiger partial charge >= 0.3 is 0 Å². The van der Waals surface area contributed by atoms with Crippen LogP contribution in [0.3, 0.4) is 0 Å². The van der Waals surface area contributed by atoms with E-state index in [4.69, 9.17) is 0 Å². The van der Waals surface area contributed by atoms with Gasteiger partial charge in [-0.15, -0.1) is 0 Å². The lowest BCUT2D eigenvalue weighted by molar-refractivity contribution is -0.115. The molecule has 0 saturated heterocycles. The van der Waals surface area contributed by atoms with Crippen LogP contribution in [0.1, 0.15) is 26.7 Å². The number of rotatable bonds is 8. The molecule has 21 heavy (non-hydrogen) atoms. The van der Waals surface area contributed by atoms with Crippen molar-refractivity contribution in [2.24, 2.45) is 0 Å². The van der Waals surface area contributed by atoms with Crippen LogP contribution in [0.4, 0.5) is 14.5 Å². The number of anilines is 1. The Morgan fingerprint density at radius 3 is 2.29 bits per heavy atom. The monoisotopic (exact) mass is 316 g/mol. The van der Waals surface area contributed by atoms with Gasteiger partial charge in [0.15, 0.2) is 0 Å². The normalized spacial score (nSPS) is 11.5. The Hall–Kier alpha value is -1.14. The molecule has 0 aliphatic rings. The summed E-state index contributed by atoms with van der Waals surface area (Å²) >= 11 is 1.76. The van der Waals surface area contributed by atoms with Crippen LogP contribution in [0.15, 0.2) is 18.2 Å². The number of benzene rings is 1. The molecule has 0 bridgehead atoms. The second kappa shape index (κ2) is 8.34. The minimum atomic E-state index is -0.774. The Morgan fingerprint density at radius 1 is 1.24 bits per heavy atom. The number of halogens is 2. The van der Waals surface area contributed by atoms with Gasteiger partial charge in [0.25, 0.3) is 0 Å². The van der Waals surface area contributed by atoms with Crippen molar-refractivity contribution in [3.05, 3.63) is 29.8 Å². The van der Waals surface area contributed by atoms with E-state index in [1.807, 2.05) is 6.26 Å². The first-order chi connectivity index (χ1) is 9.98. The van der Waals surface area contributed by atoms with Crippen LogP contribution in [-0.4, -0.2) is 30.0 Å². The van der Waals surface area contributed by atoms with E-state index in [0.717, 1.165) is 25.0 Å². The minimum Gasteiger partial charge on any atom is -0.320 e. The summed E-state index contributed by atoms with van der Waals surface area (Å²) < 4.78 is 26.9. The lowest BCUT2D eigenvalue weighted by atomic mass is 10.0. The molecule has 1 amide bonds. The summed E-state index contributed by atoms with van der Waals surface area (Å²) in [5.41, 5.74) is -0.397. The van der Waals surface area contributed by atoms with Gasteiger partial charge in [-0.3, -0.25) is 4.79 Å². The van der Waals surface area contributed by atoms with Gasteiger partial charge in [0.05, 0.1) is 6.54 Å². The molecule has 0 heterocycles. The topological polar surface area (TPSA) is 41.1 Å². The fourth-order valence-electron chi connectivity index (χ4n) is 2.07. The summed E-state index contributed by atoms with van der Waals surface area (Å²) in [4.78, 5) is 11.8. The number of nitrogens with one attached hydrogen (secondary N) is 2. The van der Waals surface area contributed by atoms with Gasteiger partial charge < -0.3 is 10.6 Å². The highest BCUT2D eigenvalue weighted by Gasteiger charge is 2.24. The Kier molecular flexibility index (Phi) is 7.11. The third-order valence-corrected chi connectivity index (χ3v) is 5.27. The van der Waals surface area contributed by atoms with Crippen LogP contribution in [0.5, 0.6) is 0 Å². The molecular weight excluding hydrogens is 294 g/mol. The highest BCUT2D eigenvalue weighted by atomic mass is 32.2. The Morgan fingerprint density at radius 2 is 1.81 bits per heavy atom. The number of carbonyl (C=O) groups excluding carboxylic acids is 1. The highest BCUT2D eigenvalue weighted by Crippen LogP contribution is 2.29. The van der Waals surface area contributed by atoms with E-state index in [0.29, 0.717) is 6.54 Å². The van der Waals surface area contributed by atoms with E-state index in [9.17, 15) is 13.6 Å². The summed E-state index contributed by atoms with van der Waals surface area (Å²) in [6.45, 7) is 4.91. The van der Waals surface area contributed by atoms with Crippen LogP contribution >= 0.6 is 11.8 Å². The standard InChI is InChI=1S/C15H22F2N2OS/c1-4-15(5-2,21-3)10-18-9-13(20)19-14-11(16)7-6-8-12(14)17/h6-8,18H,4-5,9-10H2,1-3H3,(H,19,20). The molecule has 0 aliphatic heterocycles. The number of hydrogen-bond donors (Lipinski definition) is 2. The fraction of sp³-hybridized carbons (Fsp3) is 0.533. The maximum Gasteiger partial charge on any atom is 0.238 e. The second-order valence-corrected chi connectivity index (χ2v) is 6.12. The average Bonchev–Trinajstić information content (AvgIpc) is 2.48. The van der Waals surface area contributed by atoms with Crippen LogP contribution in [0.2, 0.25) is 0 Å². The van der Waals surface area contributed by atoms with Crippen molar-refractivity contribution in [3.8, 4) is 0 Å². The van der Waals surface area contributed by atoms with Crippen molar-refractivity contribution in [2.45, 2.75) is 31.4 Å². The van der Waals surface area contributed by atoms with Crippen molar-refractivity contribution in [2.75, 3.05) is 24.7 Å². The van der Waals surface area contributed by atoms with Crippen molar-refractivity contribution in [3.63, 3.8) is 0 Å². The van der Waals surface area contributed by atoms with Gasteiger partial charge in [-0.05, 0) is 31.2 Å². The molecule has 1 aromatic carbocycles. The fourth-order valence-corrected chi connectivity index (χ4v) is 2.89. The quantitative estimate of drug-likeness (QED) is 0.772. The molecule has 1 aromatic rings. The van der Waals surface area contributed by atoms with Crippen molar-refractivity contribution in [1.82, 2.24) is 5.32 Å². The summed E-state index contributed by atoms with van der Waals surface area (Å²) in [7, 11) is 0. The molecule has 118 valence electrons. The average molecular weight is 316 g/mol. The zero-order chi connectivity index (χ0) is 15.9. The van der Waals surface area contributed by atoms with Crippen molar-refractivity contribution in [1.29, 1.82) is 0 Å². The van der Waals surface area contributed by atoms with E-state index in [-0.39, 0.29) is 11.3 Å². The van der Waals surface area contributed by atoms with Crippen molar-refractivity contribution >= 4 is 23.4 Å². The van der Waals surface area contributed by atoms with E-state index >= 15 is 0 Å². The van der Waals surface area contributed by atoms with Crippen molar-refractivity contribution < 1.29 is 13.6 Å². The maximum absolute atomic E-state index is 13.4. The molecule has 0 radical (unpaired) electrons. The summed E-state index contributed by atoms with van der Waals surface area (Å²) in [5, 5.41) is 5.32. The van der Waals surface area contributed by atoms with E-state index in [1.165, 1.54) is 6.07 Å². The molecule has 2 N–H and O–H groups in total. The molecule has 0 saturated carbocycles. The van der Waals surface area contributed by atoms with Gasteiger partial charge in [-0.1, -0.05) is 19.9 Å². The maximum atomic E-state index is 13.4. The van der Waals surface area contributed by atoms with Gasteiger partial charge in [0, 0.05) is 11.3 Å². The lowest BCUT2D eigenvalue weighted by Crippen LogP contribution is -2.40. The van der Waals surface area contributed by atoms with Crippen LogP contribution in [0, 0.1) is 11.6 Å². The minimum absolute atomic E-state index is 0.0239. The molecular formula is C15H22F2N2OS. The van der Waals surface area contributed by atoms with E-state index < -0.39 is 23.2 Å². The Labute approximate surface area is 128 Å². The van der Waals surface area contributed by atoms with Gasteiger partial charge in [-0.25, -0.2) is 8.78 Å². The summed E-state index contributed by atoms with van der Waals surface area (Å²) in [5.74, 6) is -2.01. The first kappa shape index (κ1) is 17.9. The molecule has 0 aliphatic carbocycles. The second-order valence-electron chi connectivity index (χ2n) is 4.84. The zero-order valence-electron chi connectivity index (χ0n) is 12.6. The summed E-state index contributed by atoms with van der Waals surface area (Å²) in [6.07, 6.45) is 4.02. The smallest absolute Gasteiger partial charge is 0.238 e. The third-order valence-electron chi connectivity index (χ3n) is 3.68. The predicted octanol–water partition coefficient (Wildman–Crippen LogP) is 3.41. The SMILES string of the molecule is CCC(CC)(CNCC(=O)Nc1c(F)cccc1F)SC. The molecule has 0 aromatic heterocycles. The number of para-hydroxylation sites is 1. The van der Waals surface area contributed by atoms with E-state index in [2.05, 4.69) is 24.5 Å². The van der Waals surface area contributed by atoms with Crippen LogP contribution in [-0.2, 0) is 4.79 Å². The first-order valence-electron chi connectivity index (χ1n) is 6.97. The molecule has 0 fully saturated rings. The molecule has 0 atom stereocenters. The van der Waals surface area contributed by atoms with Gasteiger partial charge in [-0.2, -0.15) is 11.8 Å². The number of thioether (sulfide) groups is 1. The summed E-state index contributed by atoms with van der Waals surface area (Å²) in [6, 6.07) is 3.48. The molecule has 3 nitrogen and oxygen atoms in total. The molecule has 1 rings (SSSR count). The molecule has 0 unspecified atom stereocenters. The van der Waals surface area contributed by atoms with Gasteiger partial charge in [0.1, 0.15) is 17.3 Å². The van der Waals surface area contributed by atoms with Gasteiger partial charge in [0.2, 0.25) is 5.91 Å². The zero-order valence-corrected chi connectivity index (χ0v) is 13.4. The Bertz CT molecular complexity index is 450. The highest BCUT2D eigenvalue weighted by molar-refractivity contribution is 8.00. The van der Waals surface area contributed by atoms with Crippen LogP contribution < -0.4 is 10.6 Å². The third kappa shape index (κ3) is 4.97. The van der Waals surface area contributed by atoms with Crippen LogP contribution in [0.25, 0.3) is 0 Å². The number of amides is 1. The lowest BCUT2D eigenvalue weighted by Gasteiger charge is -2.29. The van der Waals surface area contributed by atoms with E-state index in [1.54, 1.807) is 11.8 Å².